The highest BCUT2D eigenvalue weighted by Gasteiger charge is 2.45. The zero-order valence-electron chi connectivity index (χ0n) is 21.3. The van der Waals surface area contributed by atoms with Gasteiger partial charge < -0.3 is 14.4 Å². The summed E-state index contributed by atoms with van der Waals surface area (Å²) in [5.41, 5.74) is 0.787. The zero-order valence-corrected chi connectivity index (χ0v) is 22.1. The van der Waals surface area contributed by atoms with E-state index in [1.54, 1.807) is 24.1 Å². The quantitative estimate of drug-likeness (QED) is 0.445. The molecule has 5 heterocycles. The van der Waals surface area contributed by atoms with Crippen LogP contribution in [0.3, 0.4) is 0 Å². The predicted molar refractivity (Wildman–Crippen MR) is 134 cm³/mol. The molecule has 9 nitrogen and oxygen atoms in total. The van der Waals surface area contributed by atoms with E-state index in [2.05, 4.69) is 15.0 Å². The van der Waals surface area contributed by atoms with E-state index in [9.17, 15) is 4.79 Å². The molecule has 2 aliphatic rings. The van der Waals surface area contributed by atoms with E-state index in [4.69, 9.17) is 26.1 Å². The van der Waals surface area contributed by atoms with Crippen molar-refractivity contribution >= 4 is 34.3 Å². The number of anilines is 1. The molecule has 0 N–H and O–H groups in total. The lowest BCUT2D eigenvalue weighted by molar-refractivity contribution is 0.0123. The van der Waals surface area contributed by atoms with E-state index in [0.717, 1.165) is 12.8 Å². The minimum Gasteiger partial charge on any atom is -0.444 e. The molecule has 192 valence electrons. The van der Waals surface area contributed by atoms with Gasteiger partial charge in [-0.3, -0.25) is 9.58 Å². The molecule has 0 spiro atoms. The van der Waals surface area contributed by atoms with Crippen LogP contribution < -0.4 is 9.64 Å². The van der Waals surface area contributed by atoms with Crippen LogP contribution in [0, 0.1) is 19.7 Å². The Morgan fingerprint density at radius 3 is 2.39 bits per heavy atom. The summed E-state index contributed by atoms with van der Waals surface area (Å²) >= 11 is 6.21. The molecule has 2 atom stereocenters. The van der Waals surface area contributed by atoms with Gasteiger partial charge in [-0.1, -0.05) is 11.6 Å². The lowest BCUT2D eigenvalue weighted by Gasteiger charge is -2.42. The van der Waals surface area contributed by atoms with E-state index in [0.29, 0.717) is 46.7 Å². The van der Waals surface area contributed by atoms with E-state index >= 15 is 4.39 Å². The van der Waals surface area contributed by atoms with Crippen molar-refractivity contribution in [3.8, 4) is 11.6 Å². The number of hydrogen-bond acceptors (Lipinski definition) is 7. The van der Waals surface area contributed by atoms with Crippen molar-refractivity contribution in [2.75, 3.05) is 18.0 Å². The van der Waals surface area contributed by atoms with Crippen LogP contribution in [0.4, 0.5) is 15.0 Å². The van der Waals surface area contributed by atoms with Crippen LogP contribution in [-0.2, 0) is 11.8 Å². The SMILES string of the molecule is Cc1nc(N2CC3CCC(C2)N3C(=O)OC(C)(C)C)c2c(Oc3cnn(C)c3)nc(Cl)c(F)c2c1C. The Kier molecular flexibility index (Phi) is 5.97. The standard InChI is InChI=1S/C25H30ClFN6O3/c1-13-14(2)29-22(32-10-15-7-8-16(11-32)33(15)24(34)36-25(3,4)5)19-18(13)20(27)21(26)30-23(19)35-17-9-28-31(6)12-17/h9,12,15-16H,7-8,10-11H2,1-6H3. The third-order valence-electron chi connectivity index (χ3n) is 6.76. The number of pyridine rings is 2. The first kappa shape index (κ1) is 24.5. The Labute approximate surface area is 214 Å². The van der Waals surface area contributed by atoms with Crippen LogP contribution in [0.25, 0.3) is 10.8 Å². The molecule has 11 heteroatoms. The van der Waals surface area contributed by atoms with Gasteiger partial charge in [0.05, 0.1) is 29.9 Å². The fraction of sp³-hybridized carbons (Fsp3) is 0.520. The van der Waals surface area contributed by atoms with Gasteiger partial charge in [0.25, 0.3) is 0 Å². The van der Waals surface area contributed by atoms with Crippen LogP contribution in [0.2, 0.25) is 5.15 Å². The maximum absolute atomic E-state index is 15.4. The van der Waals surface area contributed by atoms with E-state index in [1.807, 2.05) is 39.5 Å². The number of piperazine rings is 1. The summed E-state index contributed by atoms with van der Waals surface area (Å²) in [6.07, 6.45) is 4.67. The highest BCUT2D eigenvalue weighted by Crippen LogP contribution is 2.42. The number of carbonyl (C=O) groups excluding carboxylic acids is 1. The number of carbonyl (C=O) groups is 1. The monoisotopic (exact) mass is 516 g/mol. The third kappa shape index (κ3) is 4.31. The number of aryl methyl sites for hydroxylation is 3. The van der Waals surface area contributed by atoms with Gasteiger partial charge in [0.1, 0.15) is 11.4 Å². The first-order valence-corrected chi connectivity index (χ1v) is 12.4. The first-order valence-electron chi connectivity index (χ1n) is 12.0. The van der Waals surface area contributed by atoms with Crippen molar-refractivity contribution < 1.29 is 18.7 Å². The number of rotatable bonds is 3. The fourth-order valence-electron chi connectivity index (χ4n) is 5.11. The molecule has 1 amide bonds. The molecular formula is C25H30ClFN6O3. The molecule has 0 aliphatic carbocycles. The van der Waals surface area contributed by atoms with Crippen LogP contribution >= 0.6 is 11.6 Å². The lowest BCUT2D eigenvalue weighted by atomic mass is 10.0. The van der Waals surface area contributed by atoms with Crippen LogP contribution in [0.1, 0.15) is 44.9 Å². The number of hydrogen-bond donors (Lipinski definition) is 0. The molecule has 2 unspecified atom stereocenters. The van der Waals surface area contributed by atoms with Crippen molar-refractivity contribution in [2.24, 2.45) is 7.05 Å². The zero-order chi connectivity index (χ0) is 25.9. The second-order valence-corrected chi connectivity index (χ2v) is 10.9. The molecule has 36 heavy (non-hydrogen) atoms. The van der Waals surface area contributed by atoms with Gasteiger partial charge in [0, 0.05) is 31.2 Å². The molecule has 2 saturated heterocycles. The Morgan fingerprint density at radius 2 is 1.81 bits per heavy atom. The van der Waals surface area contributed by atoms with Crippen molar-refractivity contribution in [1.29, 1.82) is 0 Å². The molecule has 3 aromatic rings. The lowest BCUT2D eigenvalue weighted by Crippen LogP contribution is -2.57. The molecule has 0 saturated carbocycles. The highest BCUT2D eigenvalue weighted by atomic mass is 35.5. The largest absolute Gasteiger partial charge is 0.444 e. The van der Waals surface area contributed by atoms with E-state index < -0.39 is 11.4 Å². The van der Waals surface area contributed by atoms with Gasteiger partial charge in [-0.15, -0.1) is 0 Å². The number of amides is 1. The summed E-state index contributed by atoms with van der Waals surface area (Å²) in [6.45, 7) is 10.3. The van der Waals surface area contributed by atoms with Gasteiger partial charge in [-0.2, -0.15) is 10.1 Å². The maximum atomic E-state index is 15.4. The predicted octanol–water partition coefficient (Wildman–Crippen LogP) is 5.15. The highest BCUT2D eigenvalue weighted by molar-refractivity contribution is 6.30. The number of aromatic nitrogens is 4. The topological polar surface area (TPSA) is 85.6 Å². The third-order valence-corrected chi connectivity index (χ3v) is 7.01. The van der Waals surface area contributed by atoms with E-state index in [1.165, 1.54) is 0 Å². The van der Waals surface area contributed by atoms with E-state index in [-0.39, 0.29) is 29.2 Å². The van der Waals surface area contributed by atoms with Crippen molar-refractivity contribution in [2.45, 2.75) is 65.1 Å². The number of halogens is 2. The normalized spacial score (nSPS) is 19.8. The van der Waals surface area contributed by atoms with Gasteiger partial charge in [-0.05, 0) is 53.0 Å². The summed E-state index contributed by atoms with van der Waals surface area (Å²) in [6, 6.07) is -0.0743. The average Bonchev–Trinajstić information content (AvgIpc) is 3.31. The smallest absolute Gasteiger partial charge is 0.410 e. The number of nitrogens with zero attached hydrogens (tertiary/aromatic N) is 6. The molecule has 2 aliphatic heterocycles. The van der Waals surface area contributed by atoms with Crippen LogP contribution in [0.15, 0.2) is 12.4 Å². The van der Waals surface area contributed by atoms with Gasteiger partial charge in [0.2, 0.25) is 5.88 Å². The first-order chi connectivity index (χ1) is 16.9. The Bertz CT molecular complexity index is 1330. The van der Waals surface area contributed by atoms with Crippen molar-refractivity contribution in [3.05, 3.63) is 34.6 Å². The molecule has 5 rings (SSSR count). The fourth-order valence-corrected chi connectivity index (χ4v) is 5.28. The molecule has 2 fully saturated rings. The number of ether oxygens (including phenoxy) is 2. The van der Waals surface area contributed by atoms with Crippen LogP contribution in [0.5, 0.6) is 11.6 Å². The summed E-state index contributed by atoms with van der Waals surface area (Å²) in [7, 11) is 1.77. The summed E-state index contributed by atoms with van der Waals surface area (Å²) < 4.78 is 28.8. The molecule has 3 aromatic heterocycles. The minimum absolute atomic E-state index is 0.0372. The molecule has 0 aromatic carbocycles. The van der Waals surface area contributed by atoms with Gasteiger partial charge in [-0.25, -0.2) is 14.2 Å². The summed E-state index contributed by atoms with van der Waals surface area (Å²) in [4.78, 5) is 26.0. The van der Waals surface area contributed by atoms with Crippen LogP contribution in [-0.4, -0.2) is 61.5 Å². The molecule has 0 radical (unpaired) electrons. The Morgan fingerprint density at radius 1 is 1.14 bits per heavy atom. The van der Waals surface area contributed by atoms with Gasteiger partial charge in [0.15, 0.2) is 16.7 Å². The van der Waals surface area contributed by atoms with Gasteiger partial charge >= 0.3 is 6.09 Å². The summed E-state index contributed by atoms with van der Waals surface area (Å²) in [5, 5.41) is 4.65. The minimum atomic E-state index is -0.607. The Balaban J connectivity index is 1.58. The number of fused-ring (bicyclic) bond motifs is 3. The second kappa shape index (κ2) is 8.76. The summed E-state index contributed by atoms with van der Waals surface area (Å²) in [5.74, 6) is 0.575. The average molecular weight is 517 g/mol. The maximum Gasteiger partial charge on any atom is 0.410 e. The van der Waals surface area contributed by atoms with Crippen molar-refractivity contribution in [3.63, 3.8) is 0 Å². The molecule has 2 bridgehead atoms. The van der Waals surface area contributed by atoms with Crippen molar-refractivity contribution in [1.82, 2.24) is 24.6 Å². The second-order valence-electron chi connectivity index (χ2n) is 10.5. The Hall–Kier alpha value is -3.14. The molecular weight excluding hydrogens is 487 g/mol.